The molecule has 0 bridgehead atoms. The number of carbonyl (C=O) groups is 1. The minimum absolute atomic E-state index is 0.0549. The number of unbranched alkanes of at least 4 members (excludes halogenated alkanes) is 6. The average molecular weight is 379 g/mol. The van der Waals surface area contributed by atoms with Gasteiger partial charge >= 0.3 is 5.97 Å². The molecule has 0 aliphatic rings. The maximum atomic E-state index is 12.5. The van der Waals surface area contributed by atoms with Crippen molar-refractivity contribution in [2.75, 3.05) is 0 Å². The van der Waals surface area contributed by atoms with Crippen LogP contribution in [0.15, 0.2) is 67.8 Å². The molecule has 2 heteroatoms. The van der Waals surface area contributed by atoms with Gasteiger partial charge in [-0.15, -0.1) is 13.2 Å². The molecule has 2 aromatic rings. The molecule has 0 heterocycles. The van der Waals surface area contributed by atoms with Gasteiger partial charge in [0, 0.05) is 6.42 Å². The third kappa shape index (κ3) is 7.72. The van der Waals surface area contributed by atoms with E-state index in [0.717, 1.165) is 42.0 Å². The zero-order valence-electron chi connectivity index (χ0n) is 17.1. The van der Waals surface area contributed by atoms with Crippen LogP contribution in [0.25, 0.3) is 10.8 Å². The van der Waals surface area contributed by atoms with E-state index in [-0.39, 0.29) is 12.1 Å². The number of benzene rings is 2. The van der Waals surface area contributed by atoms with Crippen LogP contribution in [0.5, 0.6) is 0 Å². The summed E-state index contributed by atoms with van der Waals surface area (Å²) in [7, 11) is 0. The van der Waals surface area contributed by atoms with E-state index in [1.807, 2.05) is 36.4 Å². The SMILES string of the molecule is C=CCCCCCCCCC(CC=C)OC(=O)Cc1cccc2ccccc12. The number of esters is 1. The van der Waals surface area contributed by atoms with Gasteiger partial charge in [0.2, 0.25) is 0 Å². The highest BCUT2D eigenvalue weighted by molar-refractivity contribution is 5.89. The van der Waals surface area contributed by atoms with Crippen molar-refractivity contribution in [3.8, 4) is 0 Å². The first-order chi connectivity index (χ1) is 13.7. The largest absolute Gasteiger partial charge is 0.462 e. The summed E-state index contributed by atoms with van der Waals surface area (Å²) in [6.45, 7) is 7.58. The van der Waals surface area contributed by atoms with Crippen molar-refractivity contribution in [1.29, 1.82) is 0 Å². The Morgan fingerprint density at radius 3 is 2.39 bits per heavy atom. The Morgan fingerprint density at radius 2 is 1.61 bits per heavy atom. The molecule has 1 unspecified atom stereocenters. The summed E-state index contributed by atoms with van der Waals surface area (Å²) in [5.41, 5.74) is 1.03. The van der Waals surface area contributed by atoms with Crippen molar-refractivity contribution in [3.63, 3.8) is 0 Å². The molecule has 0 amide bonds. The minimum atomic E-state index is -0.146. The third-order valence-corrected chi connectivity index (χ3v) is 5.13. The number of carbonyl (C=O) groups excluding carboxylic acids is 1. The second-order valence-electron chi connectivity index (χ2n) is 7.44. The number of fused-ring (bicyclic) bond motifs is 1. The molecule has 0 saturated carbocycles. The molecular formula is C26H34O2. The molecule has 0 saturated heterocycles. The van der Waals surface area contributed by atoms with Crippen molar-refractivity contribution in [2.45, 2.75) is 70.3 Å². The first-order valence-corrected chi connectivity index (χ1v) is 10.6. The van der Waals surface area contributed by atoms with Crippen molar-refractivity contribution >= 4 is 16.7 Å². The first kappa shape index (κ1) is 21.9. The normalized spacial score (nSPS) is 11.9. The summed E-state index contributed by atoms with van der Waals surface area (Å²) in [6, 6.07) is 14.2. The molecule has 0 aliphatic heterocycles. The summed E-state index contributed by atoms with van der Waals surface area (Å²) in [4.78, 5) is 12.5. The molecule has 0 aromatic heterocycles. The molecular weight excluding hydrogens is 344 g/mol. The molecule has 2 rings (SSSR count). The van der Waals surface area contributed by atoms with Crippen molar-refractivity contribution < 1.29 is 9.53 Å². The van der Waals surface area contributed by atoms with Crippen molar-refractivity contribution in [3.05, 3.63) is 73.3 Å². The second kappa shape index (κ2) is 12.9. The summed E-state index contributed by atoms with van der Waals surface area (Å²) in [6.07, 6.45) is 14.2. The van der Waals surface area contributed by atoms with Crippen LogP contribution in [0.2, 0.25) is 0 Å². The number of hydrogen-bond acceptors (Lipinski definition) is 2. The van der Waals surface area contributed by atoms with Gasteiger partial charge in [-0.3, -0.25) is 4.79 Å². The maximum absolute atomic E-state index is 12.5. The minimum Gasteiger partial charge on any atom is -0.462 e. The van der Waals surface area contributed by atoms with E-state index in [1.165, 1.54) is 32.1 Å². The summed E-state index contributed by atoms with van der Waals surface area (Å²) < 4.78 is 5.78. The van der Waals surface area contributed by atoms with Crippen LogP contribution < -0.4 is 0 Å². The van der Waals surface area contributed by atoms with E-state index in [2.05, 4.69) is 31.4 Å². The fraction of sp³-hybridized carbons (Fsp3) is 0.423. The first-order valence-electron chi connectivity index (χ1n) is 10.6. The second-order valence-corrected chi connectivity index (χ2v) is 7.44. The topological polar surface area (TPSA) is 26.3 Å². The monoisotopic (exact) mass is 378 g/mol. The van der Waals surface area contributed by atoms with Gasteiger partial charge in [0.25, 0.3) is 0 Å². The van der Waals surface area contributed by atoms with Crippen LogP contribution in [0.4, 0.5) is 0 Å². The Hall–Kier alpha value is -2.35. The van der Waals surface area contributed by atoms with E-state index in [0.29, 0.717) is 6.42 Å². The van der Waals surface area contributed by atoms with E-state index < -0.39 is 0 Å². The van der Waals surface area contributed by atoms with Crippen LogP contribution in [0.1, 0.15) is 63.4 Å². The molecule has 28 heavy (non-hydrogen) atoms. The number of hydrogen-bond donors (Lipinski definition) is 0. The highest BCUT2D eigenvalue weighted by atomic mass is 16.5. The fourth-order valence-corrected chi connectivity index (χ4v) is 3.61. The molecule has 2 nitrogen and oxygen atoms in total. The van der Waals surface area contributed by atoms with Gasteiger partial charge in [-0.1, -0.05) is 80.3 Å². The van der Waals surface area contributed by atoms with Gasteiger partial charge in [0.1, 0.15) is 6.10 Å². The lowest BCUT2D eigenvalue weighted by atomic mass is 10.0. The Morgan fingerprint density at radius 1 is 0.893 bits per heavy atom. The van der Waals surface area contributed by atoms with Crippen LogP contribution in [0, 0.1) is 0 Å². The van der Waals surface area contributed by atoms with Crippen LogP contribution in [-0.2, 0) is 16.0 Å². The molecule has 0 radical (unpaired) electrons. The zero-order valence-corrected chi connectivity index (χ0v) is 17.1. The van der Waals surface area contributed by atoms with E-state index in [9.17, 15) is 4.79 Å². The fourth-order valence-electron chi connectivity index (χ4n) is 3.61. The molecule has 0 aliphatic carbocycles. The molecule has 0 N–H and O–H groups in total. The molecule has 150 valence electrons. The summed E-state index contributed by atoms with van der Waals surface area (Å²) in [5, 5.41) is 2.28. The predicted octanol–water partition coefficient (Wildman–Crippen LogP) is 7.18. The van der Waals surface area contributed by atoms with Crippen molar-refractivity contribution in [2.24, 2.45) is 0 Å². The lowest BCUT2D eigenvalue weighted by Gasteiger charge is -2.17. The maximum Gasteiger partial charge on any atom is 0.310 e. The van der Waals surface area contributed by atoms with Crippen LogP contribution in [0.3, 0.4) is 0 Å². The van der Waals surface area contributed by atoms with Gasteiger partial charge in [0.15, 0.2) is 0 Å². The standard InChI is InChI=1S/C26H34O2/c1-3-5-6-7-8-9-10-11-19-24(15-4-2)28-26(27)21-23-18-14-17-22-16-12-13-20-25(22)23/h3-4,12-14,16-18,20,24H,1-2,5-11,15,19,21H2. The third-order valence-electron chi connectivity index (χ3n) is 5.13. The van der Waals surface area contributed by atoms with E-state index in [4.69, 9.17) is 4.74 Å². The quantitative estimate of drug-likeness (QED) is 0.198. The smallest absolute Gasteiger partial charge is 0.310 e. The van der Waals surface area contributed by atoms with Crippen LogP contribution >= 0.6 is 0 Å². The lowest BCUT2D eigenvalue weighted by Crippen LogP contribution is -2.19. The Bertz CT molecular complexity index is 742. The summed E-state index contributed by atoms with van der Waals surface area (Å²) >= 11 is 0. The predicted molar refractivity (Wildman–Crippen MR) is 119 cm³/mol. The number of rotatable bonds is 14. The van der Waals surface area contributed by atoms with E-state index >= 15 is 0 Å². The highest BCUT2D eigenvalue weighted by Gasteiger charge is 2.14. The van der Waals surface area contributed by atoms with Gasteiger partial charge < -0.3 is 4.74 Å². The lowest BCUT2D eigenvalue weighted by molar-refractivity contribution is -0.148. The molecule has 0 fully saturated rings. The average Bonchev–Trinajstić information content (AvgIpc) is 2.70. The van der Waals surface area contributed by atoms with Crippen LogP contribution in [-0.4, -0.2) is 12.1 Å². The molecule has 2 aromatic carbocycles. The Kier molecular flexibility index (Phi) is 10.1. The molecule has 0 spiro atoms. The zero-order chi connectivity index (χ0) is 20.0. The van der Waals surface area contributed by atoms with Crippen molar-refractivity contribution in [1.82, 2.24) is 0 Å². The number of allylic oxidation sites excluding steroid dienone is 1. The number of ether oxygens (including phenoxy) is 1. The summed E-state index contributed by atoms with van der Waals surface area (Å²) in [5.74, 6) is -0.146. The van der Waals surface area contributed by atoms with Gasteiger partial charge in [-0.2, -0.15) is 0 Å². The van der Waals surface area contributed by atoms with Gasteiger partial charge in [-0.05, 0) is 42.0 Å². The molecule has 1 atom stereocenters. The van der Waals surface area contributed by atoms with Gasteiger partial charge in [-0.25, -0.2) is 0 Å². The Balaban J connectivity index is 1.77. The van der Waals surface area contributed by atoms with E-state index in [1.54, 1.807) is 0 Å². The van der Waals surface area contributed by atoms with Gasteiger partial charge in [0.05, 0.1) is 6.42 Å². The highest BCUT2D eigenvalue weighted by Crippen LogP contribution is 2.20. The Labute approximate surface area is 170 Å².